The molecule has 0 fully saturated rings. The highest BCUT2D eigenvalue weighted by atomic mass is 35.5. The zero-order chi connectivity index (χ0) is 22.1. The van der Waals surface area contributed by atoms with Gasteiger partial charge in [0.05, 0.1) is 22.4 Å². The summed E-state index contributed by atoms with van der Waals surface area (Å²) in [5.41, 5.74) is -0.863. The van der Waals surface area contributed by atoms with Crippen molar-refractivity contribution in [2.75, 3.05) is 6.67 Å². The second-order valence-electron chi connectivity index (χ2n) is 6.67. The number of carboxylic acids is 1. The van der Waals surface area contributed by atoms with Gasteiger partial charge in [0.25, 0.3) is 0 Å². The minimum atomic E-state index is -3.76. The van der Waals surface area contributed by atoms with E-state index in [-0.39, 0.29) is 33.1 Å². The van der Waals surface area contributed by atoms with Gasteiger partial charge in [-0.3, -0.25) is 9.59 Å². The summed E-state index contributed by atoms with van der Waals surface area (Å²) >= 11 is 6.10. The first-order valence-electron chi connectivity index (χ1n) is 8.82. The molecule has 1 heterocycles. The highest BCUT2D eigenvalue weighted by Crippen LogP contribution is 2.38. The topological polar surface area (TPSA) is 76.7 Å². The van der Waals surface area contributed by atoms with Crippen molar-refractivity contribution in [3.8, 4) is 17.1 Å². The van der Waals surface area contributed by atoms with Crippen LogP contribution in [-0.2, 0) is 10.7 Å². The average Bonchev–Trinajstić information content (AvgIpc) is 2.68. The summed E-state index contributed by atoms with van der Waals surface area (Å²) in [4.78, 5) is 23.4. The molecule has 30 heavy (non-hydrogen) atoms. The van der Waals surface area contributed by atoms with Crippen LogP contribution in [0.15, 0.2) is 51.7 Å². The number of fused-ring (bicyclic) bond motifs is 1. The van der Waals surface area contributed by atoms with Gasteiger partial charge in [0.2, 0.25) is 0 Å². The van der Waals surface area contributed by atoms with Gasteiger partial charge < -0.3 is 14.3 Å². The number of alkyl halides is 3. The maximum atomic E-state index is 13.9. The molecule has 3 aromatic rings. The molecular formula is C21H16ClF3O5. The fraction of sp³-hybridized carbons (Fsp3) is 0.238. The third-order valence-electron chi connectivity index (χ3n) is 4.33. The maximum absolute atomic E-state index is 13.9. The summed E-state index contributed by atoms with van der Waals surface area (Å²) < 4.78 is 51.8. The number of hydrogen-bond donors (Lipinski definition) is 1. The van der Waals surface area contributed by atoms with Gasteiger partial charge in [-0.25, -0.2) is 4.39 Å². The van der Waals surface area contributed by atoms with Crippen molar-refractivity contribution >= 4 is 28.5 Å². The van der Waals surface area contributed by atoms with Crippen LogP contribution in [0.4, 0.5) is 13.2 Å². The Morgan fingerprint density at radius 3 is 2.67 bits per heavy atom. The van der Waals surface area contributed by atoms with Crippen molar-refractivity contribution in [3.05, 3.63) is 63.3 Å². The molecule has 1 N–H and O–H groups in total. The van der Waals surface area contributed by atoms with E-state index in [0.717, 1.165) is 18.2 Å². The first-order valence-corrected chi connectivity index (χ1v) is 9.19. The summed E-state index contributed by atoms with van der Waals surface area (Å²) in [5.74, 6) is -5.12. The summed E-state index contributed by atoms with van der Waals surface area (Å²) in [6, 6.07) is 8.86. The number of benzene rings is 2. The van der Waals surface area contributed by atoms with Gasteiger partial charge in [-0.1, -0.05) is 23.7 Å². The standard InChI is InChI=1S/C21H16ClF3O5/c1-11(7-19(27)28)29-17-8-12(21(24,25)10-23)5-6-14(17)18-9-16(26)13-3-2-4-15(22)20(13)30-18/h2-6,8-9,11H,7,10H2,1H3,(H,27,28). The van der Waals surface area contributed by atoms with Crippen molar-refractivity contribution in [3.63, 3.8) is 0 Å². The van der Waals surface area contributed by atoms with E-state index in [4.69, 9.17) is 25.9 Å². The number of ether oxygens (including phenoxy) is 1. The van der Waals surface area contributed by atoms with Gasteiger partial charge in [0.15, 0.2) is 17.7 Å². The number of aliphatic carboxylic acids is 1. The Hall–Kier alpha value is -3.00. The molecule has 0 saturated carbocycles. The molecule has 9 heteroatoms. The lowest BCUT2D eigenvalue weighted by Gasteiger charge is -2.19. The molecule has 0 aliphatic carbocycles. The minimum Gasteiger partial charge on any atom is -0.489 e. The van der Waals surface area contributed by atoms with Crippen LogP contribution in [0, 0.1) is 0 Å². The molecular weight excluding hydrogens is 425 g/mol. The Morgan fingerprint density at radius 1 is 1.27 bits per heavy atom. The van der Waals surface area contributed by atoms with Crippen molar-refractivity contribution in [2.45, 2.75) is 25.4 Å². The first-order chi connectivity index (χ1) is 14.1. The fourth-order valence-electron chi connectivity index (χ4n) is 2.91. The van der Waals surface area contributed by atoms with Gasteiger partial charge in [-0.2, -0.15) is 8.78 Å². The molecule has 1 unspecified atom stereocenters. The van der Waals surface area contributed by atoms with Gasteiger partial charge in [-0.15, -0.1) is 0 Å². The predicted octanol–water partition coefficient (Wildman–Crippen LogP) is 5.42. The van der Waals surface area contributed by atoms with Gasteiger partial charge in [0, 0.05) is 11.6 Å². The second-order valence-corrected chi connectivity index (χ2v) is 7.07. The third-order valence-corrected chi connectivity index (χ3v) is 4.63. The van der Waals surface area contributed by atoms with E-state index < -0.39 is 42.1 Å². The van der Waals surface area contributed by atoms with Crippen LogP contribution in [-0.4, -0.2) is 23.9 Å². The van der Waals surface area contributed by atoms with Gasteiger partial charge in [-0.05, 0) is 31.2 Å². The van der Waals surface area contributed by atoms with E-state index >= 15 is 0 Å². The molecule has 1 aromatic heterocycles. The van der Waals surface area contributed by atoms with E-state index in [0.29, 0.717) is 0 Å². The maximum Gasteiger partial charge on any atom is 0.307 e. The molecule has 2 aromatic carbocycles. The number of carbonyl (C=O) groups is 1. The Bertz CT molecular complexity index is 1160. The van der Waals surface area contributed by atoms with Gasteiger partial charge >= 0.3 is 11.9 Å². The Balaban J connectivity index is 2.18. The van der Waals surface area contributed by atoms with Crippen LogP contribution in [0.5, 0.6) is 5.75 Å². The van der Waals surface area contributed by atoms with Crippen molar-refractivity contribution in [2.24, 2.45) is 0 Å². The highest BCUT2D eigenvalue weighted by molar-refractivity contribution is 6.34. The summed E-state index contributed by atoms with van der Waals surface area (Å²) in [7, 11) is 0. The van der Waals surface area contributed by atoms with Crippen LogP contribution in [0.2, 0.25) is 5.02 Å². The average molecular weight is 441 g/mol. The van der Waals surface area contributed by atoms with Crippen molar-refractivity contribution < 1.29 is 32.2 Å². The molecule has 0 aliphatic rings. The molecule has 0 aliphatic heterocycles. The highest BCUT2D eigenvalue weighted by Gasteiger charge is 2.33. The number of hydrogen-bond acceptors (Lipinski definition) is 4. The van der Waals surface area contributed by atoms with Crippen molar-refractivity contribution in [1.82, 2.24) is 0 Å². The predicted molar refractivity (Wildman–Crippen MR) is 105 cm³/mol. The third kappa shape index (κ3) is 4.43. The molecule has 3 rings (SSSR count). The molecule has 1 atom stereocenters. The largest absolute Gasteiger partial charge is 0.489 e. The number of para-hydroxylation sites is 1. The lowest BCUT2D eigenvalue weighted by molar-refractivity contribution is -0.138. The monoisotopic (exact) mass is 440 g/mol. The van der Waals surface area contributed by atoms with Gasteiger partial charge in [0.1, 0.15) is 17.6 Å². The molecule has 0 radical (unpaired) electrons. The zero-order valence-electron chi connectivity index (χ0n) is 15.6. The molecule has 5 nitrogen and oxygen atoms in total. The second kappa shape index (κ2) is 8.39. The summed E-state index contributed by atoms with van der Waals surface area (Å²) in [6.07, 6.45) is -1.30. The van der Waals surface area contributed by atoms with Crippen LogP contribution in [0.25, 0.3) is 22.3 Å². The summed E-state index contributed by atoms with van der Waals surface area (Å²) in [6.45, 7) is -0.484. The van der Waals surface area contributed by atoms with Crippen LogP contribution >= 0.6 is 11.6 Å². The minimum absolute atomic E-state index is 0.0201. The Labute approximate surface area is 173 Å². The van der Waals surface area contributed by atoms with E-state index in [1.54, 1.807) is 6.07 Å². The van der Waals surface area contributed by atoms with Crippen LogP contribution in [0.3, 0.4) is 0 Å². The smallest absolute Gasteiger partial charge is 0.307 e. The number of rotatable bonds is 7. The van der Waals surface area contributed by atoms with E-state index in [1.165, 1.54) is 25.1 Å². The molecule has 0 saturated heterocycles. The number of carboxylic acid groups (broad SMARTS) is 1. The van der Waals surface area contributed by atoms with E-state index in [1.807, 2.05) is 0 Å². The Kier molecular flexibility index (Phi) is 6.07. The summed E-state index contributed by atoms with van der Waals surface area (Å²) in [5, 5.41) is 9.34. The first kappa shape index (κ1) is 21.7. The number of halogens is 4. The Morgan fingerprint density at radius 2 is 2.00 bits per heavy atom. The van der Waals surface area contributed by atoms with Crippen LogP contribution in [0.1, 0.15) is 18.9 Å². The van der Waals surface area contributed by atoms with E-state index in [9.17, 15) is 22.8 Å². The SMILES string of the molecule is CC(CC(=O)O)Oc1cc(C(F)(F)CF)ccc1-c1cc(=O)c2cccc(Cl)c2o1. The zero-order valence-corrected chi connectivity index (χ0v) is 16.4. The lowest BCUT2D eigenvalue weighted by Crippen LogP contribution is -2.19. The normalized spacial score (nSPS) is 12.7. The molecule has 0 bridgehead atoms. The molecule has 0 spiro atoms. The quantitative estimate of drug-likeness (QED) is 0.531. The molecule has 158 valence electrons. The van der Waals surface area contributed by atoms with Crippen LogP contribution < -0.4 is 10.2 Å². The lowest BCUT2D eigenvalue weighted by atomic mass is 10.0. The van der Waals surface area contributed by atoms with Crippen molar-refractivity contribution in [1.29, 1.82) is 0 Å². The molecule has 0 amide bonds. The van der Waals surface area contributed by atoms with E-state index in [2.05, 4.69) is 0 Å². The fourth-order valence-corrected chi connectivity index (χ4v) is 3.12.